The molecule has 2 aliphatic rings. The normalized spacial score (nSPS) is 22.5. The van der Waals surface area contributed by atoms with Crippen LogP contribution in [0.5, 0.6) is 0 Å². The summed E-state index contributed by atoms with van der Waals surface area (Å²) in [6.07, 6.45) is 8.68. The van der Waals surface area contributed by atoms with E-state index in [-0.39, 0.29) is 17.9 Å². The van der Waals surface area contributed by atoms with Gasteiger partial charge in [-0.1, -0.05) is 31.4 Å². The summed E-state index contributed by atoms with van der Waals surface area (Å²) in [4.78, 5) is 19.2. The molecule has 4 rings (SSSR count). The van der Waals surface area contributed by atoms with Crippen molar-refractivity contribution in [1.29, 1.82) is 0 Å². The third kappa shape index (κ3) is 3.53. The molecule has 2 heterocycles. The summed E-state index contributed by atoms with van der Waals surface area (Å²) >= 11 is 0. The van der Waals surface area contributed by atoms with Crippen LogP contribution in [-0.2, 0) is 14.8 Å². The SMILES string of the molecule is CC1CN(S(=O)(=O)c2cccc3cnccc23)CCN1C(=O)C1CCCCC1. The maximum Gasteiger partial charge on any atom is 0.243 e. The van der Waals surface area contributed by atoms with Gasteiger partial charge >= 0.3 is 0 Å². The number of fused-ring (bicyclic) bond motifs is 1. The minimum Gasteiger partial charge on any atom is -0.337 e. The Morgan fingerprint density at radius 3 is 2.64 bits per heavy atom. The number of piperazine rings is 1. The first-order valence-electron chi connectivity index (χ1n) is 10.1. The average Bonchev–Trinajstić information content (AvgIpc) is 2.73. The summed E-state index contributed by atoms with van der Waals surface area (Å²) in [5.74, 6) is 0.324. The summed E-state index contributed by atoms with van der Waals surface area (Å²) in [7, 11) is -3.63. The van der Waals surface area contributed by atoms with E-state index in [1.807, 2.05) is 17.9 Å². The Labute approximate surface area is 166 Å². The smallest absolute Gasteiger partial charge is 0.243 e. The van der Waals surface area contributed by atoms with E-state index in [1.165, 1.54) is 10.7 Å². The maximum absolute atomic E-state index is 13.3. The lowest BCUT2D eigenvalue weighted by Gasteiger charge is -2.41. The van der Waals surface area contributed by atoms with Gasteiger partial charge in [0.25, 0.3) is 0 Å². The van der Waals surface area contributed by atoms with E-state index in [2.05, 4.69) is 4.98 Å². The number of carbonyl (C=O) groups is 1. The molecule has 1 aliphatic heterocycles. The van der Waals surface area contributed by atoms with Crippen LogP contribution >= 0.6 is 0 Å². The van der Waals surface area contributed by atoms with Crippen molar-refractivity contribution < 1.29 is 13.2 Å². The van der Waals surface area contributed by atoms with Crippen LogP contribution < -0.4 is 0 Å². The van der Waals surface area contributed by atoms with Gasteiger partial charge in [-0.15, -0.1) is 0 Å². The standard InChI is InChI=1S/C21H27N3O3S/c1-16-15-23(12-13-24(16)21(25)17-6-3-2-4-7-17)28(26,27)20-9-5-8-18-14-22-11-10-19(18)20/h5,8-11,14,16-17H,2-4,6-7,12-13,15H2,1H3. The second-order valence-corrected chi connectivity index (χ2v) is 9.84. The number of amides is 1. The zero-order valence-corrected chi connectivity index (χ0v) is 17.1. The number of pyridine rings is 1. The van der Waals surface area contributed by atoms with Crippen LogP contribution in [0.3, 0.4) is 0 Å². The first kappa shape index (κ1) is 19.3. The second-order valence-electron chi connectivity index (χ2n) is 7.93. The fourth-order valence-electron chi connectivity index (χ4n) is 4.51. The lowest BCUT2D eigenvalue weighted by molar-refractivity contribution is -0.140. The van der Waals surface area contributed by atoms with Gasteiger partial charge in [-0.05, 0) is 31.9 Å². The van der Waals surface area contributed by atoms with Crippen LogP contribution in [0.2, 0.25) is 0 Å². The highest BCUT2D eigenvalue weighted by Crippen LogP contribution is 2.29. The molecule has 0 bridgehead atoms. The lowest BCUT2D eigenvalue weighted by atomic mass is 9.88. The molecule has 1 aromatic carbocycles. The van der Waals surface area contributed by atoms with E-state index >= 15 is 0 Å². The molecule has 28 heavy (non-hydrogen) atoms. The summed E-state index contributed by atoms with van der Waals surface area (Å²) in [6, 6.07) is 6.90. The number of hydrogen-bond acceptors (Lipinski definition) is 4. The zero-order chi connectivity index (χ0) is 19.7. The highest BCUT2D eigenvalue weighted by Gasteiger charge is 2.37. The lowest BCUT2D eigenvalue weighted by Crippen LogP contribution is -2.56. The van der Waals surface area contributed by atoms with E-state index in [0.29, 0.717) is 29.9 Å². The topological polar surface area (TPSA) is 70.6 Å². The van der Waals surface area contributed by atoms with Crippen LogP contribution in [0.1, 0.15) is 39.0 Å². The van der Waals surface area contributed by atoms with E-state index < -0.39 is 10.0 Å². The fraction of sp³-hybridized carbons (Fsp3) is 0.524. The molecule has 2 fully saturated rings. The Hall–Kier alpha value is -1.99. The van der Waals surface area contributed by atoms with Crippen molar-refractivity contribution in [3.63, 3.8) is 0 Å². The molecule has 1 unspecified atom stereocenters. The van der Waals surface area contributed by atoms with E-state index in [0.717, 1.165) is 31.1 Å². The number of sulfonamides is 1. The largest absolute Gasteiger partial charge is 0.337 e. The molecular weight excluding hydrogens is 374 g/mol. The molecule has 6 nitrogen and oxygen atoms in total. The molecule has 0 radical (unpaired) electrons. The third-order valence-corrected chi connectivity index (χ3v) is 8.01. The summed E-state index contributed by atoms with van der Waals surface area (Å²) < 4.78 is 28.2. The molecule has 1 saturated heterocycles. The van der Waals surface area contributed by atoms with E-state index in [9.17, 15) is 13.2 Å². The Morgan fingerprint density at radius 2 is 1.89 bits per heavy atom. The van der Waals surface area contributed by atoms with Crippen LogP contribution in [-0.4, -0.2) is 54.2 Å². The molecule has 1 aliphatic carbocycles. The van der Waals surface area contributed by atoms with Crippen LogP contribution in [0.25, 0.3) is 10.8 Å². The van der Waals surface area contributed by atoms with Crippen molar-refractivity contribution >= 4 is 26.7 Å². The fourth-order valence-corrected chi connectivity index (χ4v) is 6.24. The molecule has 1 atom stereocenters. The summed E-state index contributed by atoms with van der Waals surface area (Å²) in [5.41, 5.74) is 0. The molecule has 2 aromatic rings. The average molecular weight is 402 g/mol. The van der Waals surface area contributed by atoms with E-state index in [4.69, 9.17) is 0 Å². The number of nitrogens with zero attached hydrogens (tertiary/aromatic N) is 3. The van der Waals surface area contributed by atoms with Crippen molar-refractivity contribution in [2.24, 2.45) is 5.92 Å². The Bertz CT molecular complexity index is 965. The van der Waals surface area contributed by atoms with E-state index in [1.54, 1.807) is 30.6 Å². The van der Waals surface area contributed by atoms with Gasteiger partial charge in [-0.3, -0.25) is 9.78 Å². The molecular formula is C21H27N3O3S. The first-order valence-corrected chi connectivity index (χ1v) is 11.6. The monoisotopic (exact) mass is 401 g/mol. The molecule has 7 heteroatoms. The van der Waals surface area contributed by atoms with Crippen LogP contribution in [0, 0.1) is 5.92 Å². The number of rotatable bonds is 3. The minimum atomic E-state index is -3.63. The minimum absolute atomic E-state index is 0.116. The van der Waals surface area contributed by atoms with Gasteiger partial charge in [0.2, 0.25) is 15.9 Å². The predicted molar refractivity (Wildman–Crippen MR) is 108 cm³/mol. The highest BCUT2D eigenvalue weighted by molar-refractivity contribution is 7.89. The van der Waals surface area contributed by atoms with Gasteiger partial charge in [0.05, 0.1) is 4.90 Å². The maximum atomic E-state index is 13.3. The predicted octanol–water partition coefficient (Wildman–Crippen LogP) is 3.04. The van der Waals surface area contributed by atoms with Crippen LogP contribution in [0.4, 0.5) is 0 Å². The van der Waals surface area contributed by atoms with Gasteiger partial charge in [0, 0.05) is 54.8 Å². The quantitative estimate of drug-likeness (QED) is 0.793. The van der Waals surface area contributed by atoms with Gasteiger partial charge in [0.1, 0.15) is 0 Å². The molecule has 150 valence electrons. The Morgan fingerprint density at radius 1 is 1.11 bits per heavy atom. The van der Waals surface area contributed by atoms with Crippen molar-refractivity contribution in [1.82, 2.24) is 14.2 Å². The Balaban J connectivity index is 1.54. The molecule has 1 aromatic heterocycles. The highest BCUT2D eigenvalue weighted by atomic mass is 32.2. The third-order valence-electron chi connectivity index (χ3n) is 6.09. The number of hydrogen-bond donors (Lipinski definition) is 0. The van der Waals surface area contributed by atoms with Crippen molar-refractivity contribution in [2.75, 3.05) is 19.6 Å². The van der Waals surface area contributed by atoms with Crippen molar-refractivity contribution in [2.45, 2.75) is 50.0 Å². The molecule has 1 saturated carbocycles. The number of benzene rings is 1. The van der Waals surface area contributed by atoms with Gasteiger partial charge in [-0.2, -0.15) is 4.31 Å². The summed E-state index contributed by atoms with van der Waals surface area (Å²) in [5, 5.41) is 1.49. The number of aromatic nitrogens is 1. The number of carbonyl (C=O) groups excluding carboxylic acids is 1. The first-order chi connectivity index (χ1) is 13.5. The van der Waals surface area contributed by atoms with Crippen LogP contribution in [0.15, 0.2) is 41.6 Å². The molecule has 0 spiro atoms. The van der Waals surface area contributed by atoms with Gasteiger partial charge < -0.3 is 4.90 Å². The Kier molecular flexibility index (Phi) is 5.38. The second kappa shape index (κ2) is 7.79. The van der Waals surface area contributed by atoms with Gasteiger partial charge in [0.15, 0.2) is 0 Å². The van der Waals surface area contributed by atoms with Crippen molar-refractivity contribution in [3.8, 4) is 0 Å². The summed E-state index contributed by atoms with van der Waals surface area (Å²) in [6.45, 7) is 3.09. The zero-order valence-electron chi connectivity index (χ0n) is 16.3. The van der Waals surface area contributed by atoms with Crippen molar-refractivity contribution in [3.05, 3.63) is 36.7 Å². The van der Waals surface area contributed by atoms with Gasteiger partial charge in [-0.25, -0.2) is 8.42 Å². The molecule has 1 amide bonds. The molecule has 0 N–H and O–H groups in total.